The Morgan fingerprint density at radius 2 is 1.58 bits per heavy atom. The van der Waals surface area contributed by atoms with Crippen LogP contribution in [0.4, 0.5) is 0 Å². The molecule has 0 fully saturated rings. The number of benzene rings is 2. The van der Waals surface area contributed by atoms with Crippen LogP contribution in [0.2, 0.25) is 0 Å². The first-order valence-corrected chi connectivity index (χ1v) is 12.5. The smallest absolute Gasteiger partial charge is 0.303 e. The van der Waals surface area contributed by atoms with Crippen molar-refractivity contribution in [3.8, 4) is 0 Å². The molecule has 0 atom stereocenters. The van der Waals surface area contributed by atoms with Crippen LogP contribution in [0.1, 0.15) is 87.8 Å². The SMILES string of the molecule is CCc1cc2c(cc1C(C)=Cc1ccc(COP(=O)(O)O)cc1)C(C)(C)CCC2(C)C. The first-order chi connectivity index (χ1) is 14.3. The summed E-state index contributed by atoms with van der Waals surface area (Å²) in [5, 5.41) is 0. The fraction of sp³-hybridized carbons (Fsp3) is 0.462. The Morgan fingerprint density at radius 1 is 1.03 bits per heavy atom. The molecule has 0 aromatic heterocycles. The summed E-state index contributed by atoms with van der Waals surface area (Å²) in [6.45, 7) is 13.7. The zero-order valence-electron chi connectivity index (χ0n) is 19.5. The average Bonchev–Trinajstić information content (AvgIpc) is 2.69. The Balaban J connectivity index is 1.95. The number of phosphoric ester groups is 1. The standard InChI is InChI=1S/C26H35O4P/c1-7-21-15-23-24(26(5,6)13-12-25(23,3)4)16-22(21)18(2)14-19-8-10-20(11-9-19)17-30-31(27,28)29/h8-11,14-16H,7,12-13,17H2,1-6H3,(H2,27,28,29). The molecule has 4 nitrogen and oxygen atoms in total. The Hall–Kier alpha value is -1.71. The lowest BCUT2D eigenvalue weighted by Gasteiger charge is -2.42. The normalized spacial score (nSPS) is 18.0. The van der Waals surface area contributed by atoms with Crippen molar-refractivity contribution in [1.82, 2.24) is 0 Å². The van der Waals surface area contributed by atoms with Gasteiger partial charge in [-0.3, -0.25) is 4.52 Å². The highest BCUT2D eigenvalue weighted by atomic mass is 31.2. The molecule has 0 saturated carbocycles. The summed E-state index contributed by atoms with van der Waals surface area (Å²) in [6, 6.07) is 12.5. The molecule has 5 heteroatoms. The molecule has 3 rings (SSSR count). The number of fused-ring (bicyclic) bond motifs is 1. The number of aryl methyl sites for hydroxylation is 1. The molecule has 0 bridgehead atoms. The van der Waals surface area contributed by atoms with Crippen molar-refractivity contribution in [2.24, 2.45) is 0 Å². The van der Waals surface area contributed by atoms with Gasteiger partial charge in [-0.15, -0.1) is 0 Å². The molecular formula is C26H35O4P. The van der Waals surface area contributed by atoms with Gasteiger partial charge in [0.15, 0.2) is 0 Å². The summed E-state index contributed by atoms with van der Waals surface area (Å²) in [7, 11) is -4.46. The van der Waals surface area contributed by atoms with Gasteiger partial charge < -0.3 is 9.79 Å². The third-order valence-corrected chi connectivity index (χ3v) is 7.11. The maximum atomic E-state index is 10.9. The molecule has 0 heterocycles. The van der Waals surface area contributed by atoms with E-state index in [0.29, 0.717) is 0 Å². The highest BCUT2D eigenvalue weighted by molar-refractivity contribution is 7.46. The highest BCUT2D eigenvalue weighted by Crippen LogP contribution is 2.47. The van der Waals surface area contributed by atoms with Gasteiger partial charge in [-0.25, -0.2) is 4.57 Å². The van der Waals surface area contributed by atoms with Crippen molar-refractivity contribution in [2.45, 2.75) is 78.2 Å². The van der Waals surface area contributed by atoms with E-state index >= 15 is 0 Å². The molecule has 0 amide bonds. The molecule has 2 N–H and O–H groups in total. The van der Waals surface area contributed by atoms with E-state index in [1.54, 1.807) is 0 Å². The topological polar surface area (TPSA) is 66.8 Å². The average molecular weight is 443 g/mol. The van der Waals surface area contributed by atoms with E-state index in [2.05, 4.69) is 64.3 Å². The molecule has 2 aromatic rings. The molecule has 0 aliphatic heterocycles. The first-order valence-electron chi connectivity index (χ1n) is 11.0. The minimum Gasteiger partial charge on any atom is -0.303 e. The van der Waals surface area contributed by atoms with Crippen LogP contribution >= 0.6 is 7.82 Å². The quantitative estimate of drug-likeness (QED) is 0.383. The van der Waals surface area contributed by atoms with E-state index in [1.165, 1.54) is 40.7 Å². The second-order valence-electron chi connectivity index (χ2n) is 10.0. The minimum atomic E-state index is -4.46. The molecule has 1 aliphatic rings. The van der Waals surface area contributed by atoms with E-state index in [1.807, 2.05) is 24.3 Å². The lowest BCUT2D eigenvalue weighted by molar-refractivity contribution is 0.189. The molecule has 31 heavy (non-hydrogen) atoms. The molecule has 0 radical (unpaired) electrons. The summed E-state index contributed by atoms with van der Waals surface area (Å²) in [4.78, 5) is 17.7. The van der Waals surface area contributed by atoms with Gasteiger partial charge in [0.2, 0.25) is 0 Å². The largest absolute Gasteiger partial charge is 0.469 e. The second kappa shape index (κ2) is 8.67. The Bertz CT molecular complexity index is 1030. The van der Waals surface area contributed by atoms with Crippen LogP contribution in [-0.4, -0.2) is 9.79 Å². The number of hydrogen-bond acceptors (Lipinski definition) is 2. The van der Waals surface area contributed by atoms with Gasteiger partial charge in [0, 0.05) is 0 Å². The molecular weight excluding hydrogens is 407 g/mol. The van der Waals surface area contributed by atoms with Crippen LogP contribution in [0, 0.1) is 0 Å². The molecule has 0 spiro atoms. The lowest BCUT2D eigenvalue weighted by atomic mass is 9.62. The summed E-state index contributed by atoms with van der Waals surface area (Å²) in [6.07, 6.45) is 5.57. The predicted molar refractivity (Wildman–Crippen MR) is 128 cm³/mol. The molecule has 1 aliphatic carbocycles. The Labute approximate surface area is 186 Å². The highest BCUT2D eigenvalue weighted by Gasteiger charge is 2.37. The van der Waals surface area contributed by atoms with Crippen LogP contribution < -0.4 is 0 Å². The maximum absolute atomic E-state index is 10.9. The number of rotatable bonds is 6. The van der Waals surface area contributed by atoms with E-state index < -0.39 is 7.82 Å². The first kappa shape index (κ1) is 23.9. The van der Waals surface area contributed by atoms with Crippen molar-refractivity contribution < 1.29 is 18.9 Å². The van der Waals surface area contributed by atoms with E-state index in [-0.39, 0.29) is 17.4 Å². The summed E-state index contributed by atoms with van der Waals surface area (Å²) in [5.74, 6) is 0. The zero-order chi connectivity index (χ0) is 23.0. The predicted octanol–water partition coefficient (Wildman–Crippen LogP) is 6.77. The van der Waals surface area contributed by atoms with E-state index in [0.717, 1.165) is 17.5 Å². The number of hydrogen-bond donors (Lipinski definition) is 2. The van der Waals surface area contributed by atoms with Gasteiger partial charge in [-0.05, 0) is 76.0 Å². The van der Waals surface area contributed by atoms with Crippen molar-refractivity contribution >= 4 is 19.5 Å². The van der Waals surface area contributed by atoms with Gasteiger partial charge in [-0.1, -0.05) is 77.1 Å². The van der Waals surface area contributed by atoms with Crippen molar-refractivity contribution in [3.05, 3.63) is 69.8 Å². The van der Waals surface area contributed by atoms with Crippen LogP contribution in [0.5, 0.6) is 0 Å². The Morgan fingerprint density at radius 3 is 2.10 bits per heavy atom. The number of allylic oxidation sites excluding steroid dienone is 1. The molecule has 2 aromatic carbocycles. The van der Waals surface area contributed by atoms with Crippen LogP contribution in [0.25, 0.3) is 11.6 Å². The molecule has 0 unspecified atom stereocenters. The monoisotopic (exact) mass is 442 g/mol. The van der Waals surface area contributed by atoms with Crippen molar-refractivity contribution in [1.29, 1.82) is 0 Å². The van der Waals surface area contributed by atoms with Crippen LogP contribution in [0.15, 0.2) is 36.4 Å². The van der Waals surface area contributed by atoms with Gasteiger partial charge in [-0.2, -0.15) is 0 Å². The third-order valence-electron chi connectivity index (χ3n) is 6.64. The van der Waals surface area contributed by atoms with Crippen molar-refractivity contribution in [3.63, 3.8) is 0 Å². The van der Waals surface area contributed by atoms with Crippen LogP contribution in [0.3, 0.4) is 0 Å². The van der Waals surface area contributed by atoms with Crippen LogP contribution in [-0.2, 0) is 32.9 Å². The van der Waals surface area contributed by atoms with E-state index in [4.69, 9.17) is 9.79 Å². The zero-order valence-corrected chi connectivity index (χ0v) is 20.4. The lowest BCUT2D eigenvalue weighted by Crippen LogP contribution is -2.34. The molecule has 168 valence electrons. The minimum absolute atomic E-state index is 0.108. The maximum Gasteiger partial charge on any atom is 0.469 e. The van der Waals surface area contributed by atoms with Gasteiger partial charge in [0.1, 0.15) is 0 Å². The Kier molecular flexibility index (Phi) is 6.70. The summed E-state index contributed by atoms with van der Waals surface area (Å²) >= 11 is 0. The van der Waals surface area contributed by atoms with Gasteiger partial charge >= 0.3 is 7.82 Å². The molecule has 0 saturated heterocycles. The van der Waals surface area contributed by atoms with E-state index in [9.17, 15) is 4.57 Å². The fourth-order valence-electron chi connectivity index (χ4n) is 4.51. The second-order valence-corrected chi connectivity index (χ2v) is 11.2. The summed E-state index contributed by atoms with van der Waals surface area (Å²) in [5.41, 5.74) is 9.02. The van der Waals surface area contributed by atoms with Gasteiger partial charge in [0.05, 0.1) is 6.61 Å². The number of phosphoric acid groups is 1. The fourth-order valence-corrected chi connectivity index (χ4v) is 4.83. The van der Waals surface area contributed by atoms with Crippen molar-refractivity contribution in [2.75, 3.05) is 0 Å². The summed E-state index contributed by atoms with van der Waals surface area (Å²) < 4.78 is 15.5. The van der Waals surface area contributed by atoms with Gasteiger partial charge in [0.25, 0.3) is 0 Å². The third kappa shape index (κ3) is 5.56.